The van der Waals surface area contributed by atoms with E-state index in [0.29, 0.717) is 6.54 Å². The molecular formula is C12H26N2O. The molecule has 0 spiro atoms. The van der Waals surface area contributed by atoms with E-state index < -0.39 is 0 Å². The highest BCUT2D eigenvalue weighted by Crippen LogP contribution is 2.00. The Kier molecular flexibility index (Phi) is 11.1. The van der Waals surface area contributed by atoms with E-state index >= 15 is 0 Å². The van der Waals surface area contributed by atoms with Crippen molar-refractivity contribution in [2.75, 3.05) is 19.6 Å². The third kappa shape index (κ3) is 11.4. The Bertz CT molecular complexity index is 149. The number of amides is 1. The van der Waals surface area contributed by atoms with Crippen LogP contribution >= 0.6 is 0 Å². The average Bonchev–Trinajstić information content (AvgIpc) is 2.23. The molecule has 0 saturated heterocycles. The zero-order valence-corrected chi connectivity index (χ0v) is 10.3. The molecule has 3 nitrogen and oxygen atoms in total. The zero-order valence-electron chi connectivity index (χ0n) is 10.3. The molecule has 1 amide bonds. The van der Waals surface area contributed by atoms with E-state index in [1.807, 2.05) is 0 Å². The molecule has 0 unspecified atom stereocenters. The van der Waals surface area contributed by atoms with Crippen LogP contribution in [-0.4, -0.2) is 25.5 Å². The summed E-state index contributed by atoms with van der Waals surface area (Å²) in [5, 5.41) is 6.00. The number of unbranched alkanes of at least 4 members (excludes halogenated alkanes) is 4. The van der Waals surface area contributed by atoms with Crippen molar-refractivity contribution in [1.29, 1.82) is 0 Å². The molecule has 0 aromatic rings. The van der Waals surface area contributed by atoms with Gasteiger partial charge in [-0.1, -0.05) is 39.5 Å². The largest absolute Gasteiger partial charge is 0.355 e. The minimum atomic E-state index is 0.124. The lowest BCUT2D eigenvalue weighted by Gasteiger charge is -2.05. The summed E-state index contributed by atoms with van der Waals surface area (Å²) in [5.41, 5.74) is 0. The van der Waals surface area contributed by atoms with Gasteiger partial charge in [-0.25, -0.2) is 0 Å². The topological polar surface area (TPSA) is 41.1 Å². The van der Waals surface area contributed by atoms with Crippen LogP contribution in [-0.2, 0) is 4.79 Å². The van der Waals surface area contributed by atoms with Crippen LogP contribution in [0, 0.1) is 0 Å². The maximum atomic E-state index is 11.2. The van der Waals surface area contributed by atoms with Crippen molar-refractivity contribution in [3.63, 3.8) is 0 Å². The van der Waals surface area contributed by atoms with Gasteiger partial charge in [0.1, 0.15) is 0 Å². The molecule has 0 aromatic carbocycles. The predicted molar refractivity (Wildman–Crippen MR) is 64.9 cm³/mol. The first-order valence-electron chi connectivity index (χ1n) is 6.28. The summed E-state index contributed by atoms with van der Waals surface area (Å²) < 4.78 is 0. The van der Waals surface area contributed by atoms with E-state index in [1.165, 1.54) is 25.7 Å². The summed E-state index contributed by atoms with van der Waals surface area (Å²) in [6, 6.07) is 0. The van der Waals surface area contributed by atoms with Gasteiger partial charge in [-0.05, 0) is 19.4 Å². The lowest BCUT2D eigenvalue weighted by Crippen LogP contribution is -2.34. The molecule has 0 rings (SSSR count). The second-order valence-corrected chi connectivity index (χ2v) is 3.94. The third-order valence-corrected chi connectivity index (χ3v) is 2.31. The Morgan fingerprint density at radius 1 is 0.933 bits per heavy atom. The molecule has 0 heterocycles. The molecule has 0 bridgehead atoms. The molecule has 0 aromatic heterocycles. The second kappa shape index (κ2) is 11.5. The SMILES string of the molecule is CCCCCCCNC(=O)CNCCC. The van der Waals surface area contributed by atoms with Gasteiger partial charge in [0.25, 0.3) is 0 Å². The minimum Gasteiger partial charge on any atom is -0.355 e. The summed E-state index contributed by atoms with van der Waals surface area (Å²) in [4.78, 5) is 11.2. The van der Waals surface area contributed by atoms with E-state index in [1.54, 1.807) is 0 Å². The van der Waals surface area contributed by atoms with Crippen molar-refractivity contribution >= 4 is 5.91 Å². The molecule has 3 heteroatoms. The predicted octanol–water partition coefficient (Wildman–Crippen LogP) is 2.07. The van der Waals surface area contributed by atoms with E-state index in [9.17, 15) is 4.79 Å². The van der Waals surface area contributed by atoms with Crippen LogP contribution in [0.2, 0.25) is 0 Å². The van der Waals surface area contributed by atoms with Crippen molar-refractivity contribution in [2.45, 2.75) is 52.4 Å². The Hall–Kier alpha value is -0.570. The lowest BCUT2D eigenvalue weighted by molar-refractivity contribution is -0.120. The molecule has 0 atom stereocenters. The number of carbonyl (C=O) groups is 1. The molecule has 0 aliphatic heterocycles. The Morgan fingerprint density at radius 2 is 1.67 bits per heavy atom. The van der Waals surface area contributed by atoms with Gasteiger partial charge in [-0.15, -0.1) is 0 Å². The van der Waals surface area contributed by atoms with Crippen molar-refractivity contribution < 1.29 is 4.79 Å². The van der Waals surface area contributed by atoms with Crippen LogP contribution in [0.25, 0.3) is 0 Å². The fourth-order valence-corrected chi connectivity index (χ4v) is 1.40. The molecule has 0 radical (unpaired) electrons. The van der Waals surface area contributed by atoms with E-state index in [4.69, 9.17) is 0 Å². The van der Waals surface area contributed by atoms with Gasteiger partial charge in [0.2, 0.25) is 5.91 Å². The molecule has 2 N–H and O–H groups in total. The molecule has 0 aliphatic carbocycles. The number of nitrogens with one attached hydrogen (secondary N) is 2. The van der Waals surface area contributed by atoms with Gasteiger partial charge >= 0.3 is 0 Å². The summed E-state index contributed by atoms with van der Waals surface area (Å²) in [6.45, 7) is 6.52. The number of hydrogen-bond donors (Lipinski definition) is 2. The van der Waals surface area contributed by atoms with Crippen molar-refractivity contribution in [3.05, 3.63) is 0 Å². The monoisotopic (exact) mass is 214 g/mol. The Balaban J connectivity index is 3.10. The summed E-state index contributed by atoms with van der Waals surface area (Å²) in [5.74, 6) is 0.124. The van der Waals surface area contributed by atoms with E-state index in [0.717, 1.165) is 25.9 Å². The molecule has 0 saturated carbocycles. The van der Waals surface area contributed by atoms with Gasteiger partial charge in [0.15, 0.2) is 0 Å². The second-order valence-electron chi connectivity index (χ2n) is 3.94. The fourth-order valence-electron chi connectivity index (χ4n) is 1.40. The highest BCUT2D eigenvalue weighted by atomic mass is 16.1. The van der Waals surface area contributed by atoms with Crippen molar-refractivity contribution in [2.24, 2.45) is 0 Å². The molecule has 15 heavy (non-hydrogen) atoms. The van der Waals surface area contributed by atoms with Gasteiger partial charge < -0.3 is 10.6 Å². The smallest absolute Gasteiger partial charge is 0.233 e. The maximum Gasteiger partial charge on any atom is 0.233 e. The molecular weight excluding hydrogens is 188 g/mol. The Labute approximate surface area is 94.0 Å². The number of carbonyl (C=O) groups excluding carboxylic acids is 1. The standard InChI is InChI=1S/C12H26N2O/c1-3-5-6-7-8-10-14-12(15)11-13-9-4-2/h13H,3-11H2,1-2H3,(H,14,15). The summed E-state index contributed by atoms with van der Waals surface area (Å²) in [6.07, 6.45) is 7.29. The minimum absolute atomic E-state index is 0.124. The van der Waals surface area contributed by atoms with Gasteiger partial charge in [-0.2, -0.15) is 0 Å². The number of hydrogen-bond acceptors (Lipinski definition) is 2. The maximum absolute atomic E-state index is 11.2. The summed E-state index contributed by atoms with van der Waals surface area (Å²) >= 11 is 0. The highest BCUT2D eigenvalue weighted by Gasteiger charge is 1.98. The lowest BCUT2D eigenvalue weighted by atomic mass is 10.1. The first kappa shape index (κ1) is 14.4. The van der Waals surface area contributed by atoms with Crippen molar-refractivity contribution in [1.82, 2.24) is 10.6 Å². The summed E-state index contributed by atoms with van der Waals surface area (Å²) in [7, 11) is 0. The van der Waals surface area contributed by atoms with Gasteiger partial charge in [0, 0.05) is 6.54 Å². The zero-order chi connectivity index (χ0) is 11.4. The van der Waals surface area contributed by atoms with Gasteiger partial charge in [-0.3, -0.25) is 4.79 Å². The van der Waals surface area contributed by atoms with Crippen LogP contribution in [0.4, 0.5) is 0 Å². The van der Waals surface area contributed by atoms with Crippen LogP contribution in [0.15, 0.2) is 0 Å². The van der Waals surface area contributed by atoms with Crippen LogP contribution in [0.5, 0.6) is 0 Å². The molecule has 90 valence electrons. The highest BCUT2D eigenvalue weighted by molar-refractivity contribution is 5.77. The normalized spacial score (nSPS) is 10.3. The first-order valence-corrected chi connectivity index (χ1v) is 6.28. The number of rotatable bonds is 10. The van der Waals surface area contributed by atoms with Crippen LogP contribution in [0.1, 0.15) is 52.4 Å². The van der Waals surface area contributed by atoms with Crippen LogP contribution < -0.4 is 10.6 Å². The van der Waals surface area contributed by atoms with E-state index in [-0.39, 0.29) is 5.91 Å². The van der Waals surface area contributed by atoms with Gasteiger partial charge in [0.05, 0.1) is 6.54 Å². The van der Waals surface area contributed by atoms with Crippen molar-refractivity contribution in [3.8, 4) is 0 Å². The first-order chi connectivity index (χ1) is 7.31. The van der Waals surface area contributed by atoms with Crippen LogP contribution in [0.3, 0.4) is 0 Å². The molecule has 0 aliphatic rings. The Morgan fingerprint density at radius 3 is 2.33 bits per heavy atom. The molecule has 0 fully saturated rings. The fraction of sp³-hybridized carbons (Fsp3) is 0.917. The van der Waals surface area contributed by atoms with E-state index in [2.05, 4.69) is 24.5 Å². The quantitative estimate of drug-likeness (QED) is 0.547. The average molecular weight is 214 g/mol. The third-order valence-electron chi connectivity index (χ3n) is 2.31.